The Morgan fingerprint density at radius 2 is 1.78 bits per heavy atom. The molecule has 27 heavy (non-hydrogen) atoms. The highest BCUT2D eigenvalue weighted by Gasteiger charge is 2.15. The fourth-order valence-corrected chi connectivity index (χ4v) is 2.97. The SMILES string of the molecule is C=CCCc1ccc(-c2cc3ccc(OCC=CC)cc3c(F)c2F)cc1. The number of fused-ring (bicyclic) bond motifs is 1. The van der Waals surface area contributed by atoms with Crippen molar-refractivity contribution in [1.29, 1.82) is 0 Å². The van der Waals surface area contributed by atoms with E-state index in [0.717, 1.165) is 18.4 Å². The van der Waals surface area contributed by atoms with Gasteiger partial charge in [0.2, 0.25) is 0 Å². The smallest absolute Gasteiger partial charge is 0.167 e. The fourth-order valence-electron chi connectivity index (χ4n) is 2.97. The minimum Gasteiger partial charge on any atom is -0.490 e. The molecular formula is C24H22F2O. The molecule has 0 fully saturated rings. The summed E-state index contributed by atoms with van der Waals surface area (Å²) >= 11 is 0. The largest absolute Gasteiger partial charge is 0.490 e. The van der Waals surface area contributed by atoms with Crippen LogP contribution in [-0.2, 0) is 6.42 Å². The Hall–Kier alpha value is -2.94. The van der Waals surface area contributed by atoms with Crippen LogP contribution in [0.25, 0.3) is 21.9 Å². The van der Waals surface area contributed by atoms with Gasteiger partial charge in [-0.05, 0) is 54.5 Å². The average Bonchev–Trinajstić information content (AvgIpc) is 2.70. The highest BCUT2D eigenvalue weighted by Crippen LogP contribution is 2.32. The Morgan fingerprint density at radius 1 is 1.00 bits per heavy atom. The van der Waals surface area contributed by atoms with Gasteiger partial charge in [-0.1, -0.05) is 48.6 Å². The van der Waals surface area contributed by atoms with Crippen LogP contribution in [-0.4, -0.2) is 6.61 Å². The zero-order valence-electron chi connectivity index (χ0n) is 15.3. The standard InChI is InChI=1S/C24H22F2O/c1-3-5-7-17-8-10-18(11-9-17)21-15-19-12-13-20(27-14-6-4-2)16-22(19)24(26)23(21)25/h3-4,6,8-13,15-16H,1,5,7,14H2,2H3. The number of hydrogen-bond acceptors (Lipinski definition) is 1. The van der Waals surface area contributed by atoms with Crippen LogP contribution in [0.3, 0.4) is 0 Å². The quantitative estimate of drug-likeness (QED) is 0.416. The maximum absolute atomic E-state index is 14.7. The number of allylic oxidation sites excluding steroid dienone is 2. The highest BCUT2D eigenvalue weighted by atomic mass is 19.2. The van der Waals surface area contributed by atoms with E-state index in [1.54, 1.807) is 24.3 Å². The summed E-state index contributed by atoms with van der Waals surface area (Å²) in [6.07, 6.45) is 7.35. The van der Waals surface area contributed by atoms with Crippen LogP contribution in [0.2, 0.25) is 0 Å². The first kappa shape index (κ1) is 18.8. The van der Waals surface area contributed by atoms with Gasteiger partial charge in [0.25, 0.3) is 0 Å². The van der Waals surface area contributed by atoms with Gasteiger partial charge in [0.05, 0.1) is 0 Å². The number of rotatable bonds is 7. The van der Waals surface area contributed by atoms with E-state index in [4.69, 9.17) is 4.74 Å². The van der Waals surface area contributed by atoms with Crippen molar-refractivity contribution in [3.05, 3.63) is 90.5 Å². The molecule has 3 aromatic carbocycles. The van der Waals surface area contributed by atoms with Crippen LogP contribution in [0, 0.1) is 11.6 Å². The molecule has 0 spiro atoms. The van der Waals surface area contributed by atoms with Crippen LogP contribution in [0.1, 0.15) is 18.9 Å². The first-order chi connectivity index (χ1) is 13.1. The van der Waals surface area contributed by atoms with Crippen molar-refractivity contribution >= 4 is 10.8 Å². The Morgan fingerprint density at radius 3 is 2.48 bits per heavy atom. The molecule has 0 amide bonds. The van der Waals surface area contributed by atoms with Crippen LogP contribution < -0.4 is 4.74 Å². The van der Waals surface area contributed by atoms with Gasteiger partial charge in [0.1, 0.15) is 12.4 Å². The van der Waals surface area contributed by atoms with E-state index in [1.165, 1.54) is 0 Å². The maximum atomic E-state index is 14.7. The molecule has 0 atom stereocenters. The van der Waals surface area contributed by atoms with E-state index in [2.05, 4.69) is 6.58 Å². The van der Waals surface area contributed by atoms with E-state index in [-0.39, 0.29) is 10.9 Å². The number of aryl methyl sites for hydroxylation is 1. The molecule has 0 N–H and O–H groups in total. The van der Waals surface area contributed by atoms with Gasteiger partial charge in [-0.3, -0.25) is 0 Å². The summed E-state index contributed by atoms with van der Waals surface area (Å²) < 4.78 is 34.9. The molecule has 0 unspecified atom stereocenters. The van der Waals surface area contributed by atoms with Crippen LogP contribution in [0.5, 0.6) is 5.75 Å². The third-order valence-electron chi connectivity index (χ3n) is 4.47. The molecule has 0 aliphatic heterocycles. The minimum atomic E-state index is -0.852. The van der Waals surface area contributed by atoms with Gasteiger partial charge in [-0.2, -0.15) is 0 Å². The summed E-state index contributed by atoms with van der Waals surface area (Å²) in [6, 6.07) is 14.3. The van der Waals surface area contributed by atoms with Crippen molar-refractivity contribution in [3.63, 3.8) is 0 Å². The number of ether oxygens (including phenoxy) is 1. The van der Waals surface area contributed by atoms with Crippen molar-refractivity contribution in [1.82, 2.24) is 0 Å². The van der Waals surface area contributed by atoms with Gasteiger partial charge >= 0.3 is 0 Å². The third kappa shape index (κ3) is 4.25. The lowest BCUT2D eigenvalue weighted by atomic mass is 9.98. The normalized spacial score (nSPS) is 11.2. The molecule has 138 valence electrons. The van der Waals surface area contributed by atoms with Crippen LogP contribution in [0.15, 0.2) is 73.3 Å². The Kier molecular flexibility index (Phi) is 6.02. The summed E-state index contributed by atoms with van der Waals surface area (Å²) in [7, 11) is 0. The predicted octanol–water partition coefficient (Wildman–Crippen LogP) is 6.86. The Labute approximate surface area is 158 Å². The molecular weight excluding hydrogens is 342 g/mol. The topological polar surface area (TPSA) is 9.23 Å². The zero-order chi connectivity index (χ0) is 19.2. The summed E-state index contributed by atoms with van der Waals surface area (Å²) in [5.41, 5.74) is 2.06. The molecule has 0 saturated heterocycles. The second-order valence-electron chi connectivity index (χ2n) is 6.34. The molecule has 3 aromatic rings. The predicted molar refractivity (Wildman–Crippen MR) is 108 cm³/mol. The van der Waals surface area contributed by atoms with Crippen molar-refractivity contribution in [3.8, 4) is 16.9 Å². The third-order valence-corrected chi connectivity index (χ3v) is 4.47. The summed E-state index contributed by atoms with van der Waals surface area (Å²) in [6.45, 7) is 6.00. The summed E-state index contributed by atoms with van der Waals surface area (Å²) in [4.78, 5) is 0. The monoisotopic (exact) mass is 364 g/mol. The number of halogens is 2. The Bertz CT molecular complexity index is 972. The van der Waals surface area contributed by atoms with Crippen LogP contribution in [0.4, 0.5) is 8.78 Å². The molecule has 0 heterocycles. The van der Waals surface area contributed by atoms with E-state index in [0.29, 0.717) is 23.3 Å². The lowest BCUT2D eigenvalue weighted by Crippen LogP contribution is -1.96. The second-order valence-corrected chi connectivity index (χ2v) is 6.34. The molecule has 0 aliphatic carbocycles. The van der Waals surface area contributed by atoms with E-state index in [9.17, 15) is 8.78 Å². The minimum absolute atomic E-state index is 0.219. The summed E-state index contributed by atoms with van der Waals surface area (Å²) in [5, 5.41) is 0.856. The Balaban J connectivity index is 1.96. The van der Waals surface area contributed by atoms with Crippen molar-refractivity contribution < 1.29 is 13.5 Å². The highest BCUT2D eigenvalue weighted by molar-refractivity contribution is 5.89. The first-order valence-electron chi connectivity index (χ1n) is 9.00. The molecule has 3 rings (SSSR count). The average molecular weight is 364 g/mol. The van der Waals surface area contributed by atoms with Crippen LogP contribution >= 0.6 is 0 Å². The van der Waals surface area contributed by atoms with Crippen molar-refractivity contribution in [2.45, 2.75) is 19.8 Å². The molecule has 0 aromatic heterocycles. The fraction of sp³-hybridized carbons (Fsp3) is 0.167. The van der Waals surface area contributed by atoms with E-state index >= 15 is 0 Å². The lowest BCUT2D eigenvalue weighted by Gasteiger charge is -2.11. The van der Waals surface area contributed by atoms with Gasteiger partial charge < -0.3 is 4.74 Å². The first-order valence-corrected chi connectivity index (χ1v) is 9.00. The molecule has 3 heteroatoms. The maximum Gasteiger partial charge on any atom is 0.167 e. The van der Waals surface area contributed by atoms with E-state index in [1.807, 2.05) is 49.4 Å². The zero-order valence-corrected chi connectivity index (χ0v) is 15.3. The summed E-state index contributed by atoms with van der Waals surface area (Å²) in [5.74, 6) is -1.18. The van der Waals surface area contributed by atoms with E-state index < -0.39 is 11.6 Å². The molecule has 0 bridgehead atoms. The van der Waals surface area contributed by atoms with Crippen molar-refractivity contribution in [2.75, 3.05) is 6.61 Å². The molecule has 0 radical (unpaired) electrons. The molecule has 0 saturated carbocycles. The van der Waals surface area contributed by atoms with Gasteiger partial charge in [0.15, 0.2) is 11.6 Å². The number of benzene rings is 3. The second kappa shape index (κ2) is 8.63. The van der Waals surface area contributed by atoms with Gasteiger partial charge in [-0.25, -0.2) is 8.78 Å². The van der Waals surface area contributed by atoms with Gasteiger partial charge in [-0.15, -0.1) is 6.58 Å². The molecule has 1 nitrogen and oxygen atoms in total. The van der Waals surface area contributed by atoms with Gasteiger partial charge in [0, 0.05) is 10.9 Å². The molecule has 0 aliphatic rings. The number of hydrogen-bond donors (Lipinski definition) is 0. The lowest BCUT2D eigenvalue weighted by molar-refractivity contribution is 0.363. The van der Waals surface area contributed by atoms with Crippen molar-refractivity contribution in [2.24, 2.45) is 0 Å².